The molecule has 7 heteroatoms. The van der Waals surface area contributed by atoms with Crippen LogP contribution in [-0.4, -0.2) is 35.4 Å². The number of ether oxygens (including phenoxy) is 3. The van der Waals surface area contributed by atoms with Gasteiger partial charge in [0, 0.05) is 12.3 Å². The Balaban J connectivity index is 1.99. The van der Waals surface area contributed by atoms with Gasteiger partial charge in [0.2, 0.25) is 6.79 Å². The Morgan fingerprint density at radius 2 is 2.24 bits per heavy atom. The summed E-state index contributed by atoms with van der Waals surface area (Å²) in [5.74, 6) is 0.611. The van der Waals surface area contributed by atoms with Crippen molar-refractivity contribution in [2.75, 3.05) is 13.4 Å². The number of hydrogen-bond donors (Lipinski definition) is 0. The monoisotopic (exact) mass is 288 g/mol. The van der Waals surface area contributed by atoms with E-state index in [1.54, 1.807) is 25.1 Å². The van der Waals surface area contributed by atoms with Gasteiger partial charge in [0.05, 0.1) is 17.9 Å². The molecule has 1 aliphatic rings. The Kier molecular flexibility index (Phi) is 3.31. The fourth-order valence-corrected chi connectivity index (χ4v) is 1.99. The SMILES string of the molecule is CCOC(=O)c1nn(-c2ccc3c(c2)OCO3)cc1C=O. The van der Waals surface area contributed by atoms with Crippen LogP contribution in [0.15, 0.2) is 24.4 Å². The molecule has 3 rings (SSSR count). The Bertz CT molecular complexity index is 707. The van der Waals surface area contributed by atoms with Crippen molar-refractivity contribution in [3.05, 3.63) is 35.7 Å². The zero-order valence-electron chi connectivity index (χ0n) is 11.2. The molecule has 21 heavy (non-hydrogen) atoms. The third-order valence-corrected chi connectivity index (χ3v) is 2.96. The number of aldehydes is 1. The fraction of sp³-hybridized carbons (Fsp3) is 0.214. The second-order valence-electron chi connectivity index (χ2n) is 4.25. The molecular weight excluding hydrogens is 276 g/mol. The van der Waals surface area contributed by atoms with Gasteiger partial charge >= 0.3 is 5.97 Å². The van der Waals surface area contributed by atoms with Crippen molar-refractivity contribution in [2.24, 2.45) is 0 Å². The van der Waals surface area contributed by atoms with E-state index in [1.165, 1.54) is 10.9 Å². The summed E-state index contributed by atoms with van der Waals surface area (Å²) in [6.45, 7) is 2.08. The number of hydrogen-bond acceptors (Lipinski definition) is 6. The number of rotatable bonds is 4. The molecule has 1 aliphatic heterocycles. The quantitative estimate of drug-likeness (QED) is 0.628. The predicted octanol–water partition coefficient (Wildman–Crippen LogP) is 1.59. The van der Waals surface area contributed by atoms with E-state index in [-0.39, 0.29) is 24.7 Å². The van der Waals surface area contributed by atoms with E-state index in [0.29, 0.717) is 23.5 Å². The molecule has 2 heterocycles. The van der Waals surface area contributed by atoms with Gasteiger partial charge < -0.3 is 14.2 Å². The van der Waals surface area contributed by atoms with Gasteiger partial charge in [-0.15, -0.1) is 0 Å². The number of carbonyl (C=O) groups excluding carboxylic acids is 2. The highest BCUT2D eigenvalue weighted by Crippen LogP contribution is 2.33. The number of esters is 1. The van der Waals surface area contributed by atoms with E-state index in [2.05, 4.69) is 5.10 Å². The molecule has 0 amide bonds. The van der Waals surface area contributed by atoms with Crippen molar-refractivity contribution in [1.82, 2.24) is 9.78 Å². The number of aromatic nitrogens is 2. The Morgan fingerprint density at radius 3 is 3.00 bits per heavy atom. The van der Waals surface area contributed by atoms with Gasteiger partial charge in [-0.3, -0.25) is 4.79 Å². The first kappa shape index (κ1) is 13.2. The lowest BCUT2D eigenvalue weighted by atomic mass is 10.2. The molecule has 0 unspecified atom stereocenters. The molecule has 0 bridgehead atoms. The van der Waals surface area contributed by atoms with Crippen LogP contribution in [0, 0.1) is 0 Å². The van der Waals surface area contributed by atoms with E-state index in [4.69, 9.17) is 14.2 Å². The van der Waals surface area contributed by atoms with E-state index in [1.807, 2.05) is 0 Å². The van der Waals surface area contributed by atoms with Gasteiger partial charge in [-0.05, 0) is 19.1 Å². The lowest BCUT2D eigenvalue weighted by Crippen LogP contribution is -2.08. The average molecular weight is 288 g/mol. The van der Waals surface area contributed by atoms with Gasteiger partial charge in [0.15, 0.2) is 23.5 Å². The maximum Gasteiger partial charge on any atom is 0.359 e. The molecule has 1 aromatic carbocycles. The molecule has 0 fully saturated rings. The Morgan fingerprint density at radius 1 is 1.43 bits per heavy atom. The first-order chi connectivity index (χ1) is 10.2. The summed E-state index contributed by atoms with van der Waals surface area (Å²) >= 11 is 0. The Labute approximate surface area is 120 Å². The molecule has 0 N–H and O–H groups in total. The number of carbonyl (C=O) groups is 2. The zero-order valence-corrected chi connectivity index (χ0v) is 11.2. The molecule has 0 aliphatic carbocycles. The third kappa shape index (κ3) is 2.33. The lowest BCUT2D eigenvalue weighted by Gasteiger charge is -2.02. The van der Waals surface area contributed by atoms with Crippen molar-refractivity contribution < 1.29 is 23.8 Å². The van der Waals surface area contributed by atoms with Crippen LogP contribution in [0.5, 0.6) is 11.5 Å². The summed E-state index contributed by atoms with van der Waals surface area (Å²) in [5, 5.41) is 4.11. The number of nitrogens with zero attached hydrogens (tertiary/aromatic N) is 2. The fourth-order valence-electron chi connectivity index (χ4n) is 1.99. The number of benzene rings is 1. The van der Waals surface area contributed by atoms with Crippen LogP contribution < -0.4 is 9.47 Å². The molecule has 2 aromatic rings. The van der Waals surface area contributed by atoms with Crippen molar-refractivity contribution >= 4 is 12.3 Å². The smallest absolute Gasteiger partial charge is 0.359 e. The van der Waals surface area contributed by atoms with Crippen molar-refractivity contribution in [1.29, 1.82) is 0 Å². The van der Waals surface area contributed by atoms with Gasteiger partial charge in [-0.2, -0.15) is 5.10 Å². The summed E-state index contributed by atoms with van der Waals surface area (Å²) in [5.41, 5.74) is 0.813. The summed E-state index contributed by atoms with van der Waals surface area (Å²) < 4.78 is 16.8. The minimum absolute atomic E-state index is 0.00971. The van der Waals surface area contributed by atoms with E-state index in [0.717, 1.165) is 0 Å². The minimum Gasteiger partial charge on any atom is -0.461 e. The van der Waals surface area contributed by atoms with E-state index < -0.39 is 5.97 Å². The minimum atomic E-state index is -0.626. The van der Waals surface area contributed by atoms with Gasteiger partial charge in [-0.1, -0.05) is 0 Å². The molecular formula is C14H12N2O5. The van der Waals surface area contributed by atoms with Crippen LogP contribution in [-0.2, 0) is 4.74 Å². The van der Waals surface area contributed by atoms with Crippen molar-refractivity contribution in [3.63, 3.8) is 0 Å². The maximum absolute atomic E-state index is 11.8. The largest absolute Gasteiger partial charge is 0.461 e. The van der Waals surface area contributed by atoms with Crippen LogP contribution in [0.2, 0.25) is 0 Å². The van der Waals surface area contributed by atoms with Crippen molar-refractivity contribution in [2.45, 2.75) is 6.92 Å². The van der Waals surface area contributed by atoms with Crippen LogP contribution in [0.3, 0.4) is 0 Å². The van der Waals surface area contributed by atoms with Gasteiger partial charge in [0.25, 0.3) is 0 Å². The standard InChI is InChI=1S/C14H12N2O5/c1-2-19-14(18)13-9(7-17)6-16(15-13)10-3-4-11-12(5-10)21-8-20-11/h3-7H,2,8H2,1H3. The molecule has 0 spiro atoms. The van der Waals surface area contributed by atoms with Crippen LogP contribution in [0.25, 0.3) is 5.69 Å². The molecule has 0 radical (unpaired) electrons. The molecule has 0 saturated heterocycles. The second kappa shape index (κ2) is 5.28. The molecule has 108 valence electrons. The molecule has 1 aromatic heterocycles. The van der Waals surface area contributed by atoms with Gasteiger partial charge in [0.1, 0.15) is 0 Å². The van der Waals surface area contributed by atoms with E-state index in [9.17, 15) is 9.59 Å². The first-order valence-corrected chi connectivity index (χ1v) is 6.35. The maximum atomic E-state index is 11.8. The topological polar surface area (TPSA) is 79.7 Å². The highest BCUT2D eigenvalue weighted by Gasteiger charge is 2.19. The summed E-state index contributed by atoms with van der Waals surface area (Å²) in [6.07, 6.45) is 2.04. The highest BCUT2D eigenvalue weighted by atomic mass is 16.7. The molecule has 0 saturated carbocycles. The molecule has 0 atom stereocenters. The van der Waals surface area contributed by atoms with E-state index >= 15 is 0 Å². The first-order valence-electron chi connectivity index (χ1n) is 6.35. The normalized spacial score (nSPS) is 12.2. The summed E-state index contributed by atoms with van der Waals surface area (Å²) in [7, 11) is 0. The Hall–Kier alpha value is -2.83. The third-order valence-electron chi connectivity index (χ3n) is 2.96. The average Bonchev–Trinajstić information content (AvgIpc) is 3.13. The van der Waals surface area contributed by atoms with Gasteiger partial charge in [-0.25, -0.2) is 9.48 Å². The van der Waals surface area contributed by atoms with Crippen molar-refractivity contribution in [3.8, 4) is 17.2 Å². The highest BCUT2D eigenvalue weighted by molar-refractivity contribution is 5.96. The number of fused-ring (bicyclic) bond motifs is 1. The predicted molar refractivity (Wildman–Crippen MR) is 71.0 cm³/mol. The second-order valence-corrected chi connectivity index (χ2v) is 4.25. The van der Waals surface area contributed by atoms with Crippen LogP contribution in [0.4, 0.5) is 0 Å². The van der Waals surface area contributed by atoms with Crippen LogP contribution >= 0.6 is 0 Å². The summed E-state index contributed by atoms with van der Waals surface area (Å²) in [4.78, 5) is 22.8. The lowest BCUT2D eigenvalue weighted by molar-refractivity contribution is 0.0517. The summed E-state index contributed by atoms with van der Waals surface area (Å²) in [6, 6.07) is 5.22. The van der Waals surface area contributed by atoms with Crippen LogP contribution in [0.1, 0.15) is 27.8 Å². The molecule has 7 nitrogen and oxygen atoms in total. The zero-order chi connectivity index (χ0) is 14.8.